The zero-order valence-corrected chi connectivity index (χ0v) is 38.1. The third-order valence-electron chi connectivity index (χ3n) is 10.7. The van der Waals surface area contributed by atoms with E-state index in [1.807, 2.05) is 86.8 Å². The molecule has 0 atom stereocenters. The average Bonchev–Trinajstić information content (AvgIpc) is 3.78. The molecule has 2 amide bonds. The number of fused-ring (bicyclic) bond motifs is 6. The second-order valence-electron chi connectivity index (χ2n) is 14.5. The van der Waals surface area contributed by atoms with Crippen molar-refractivity contribution >= 4 is 87.5 Å². The standard InChI is InChI=1S/C23H24BrN4O3.C23H23BrN4O2/c1-4-26(15(2)29)14-22-25-20-13-28(30)21-11-17(24)7-10-19(21)23(20)27(22)12-16-5-8-18(31-3)9-6-16;1-4-27(15(2)29)14-22-26-21-12-25-20-11-17(24)7-10-19(20)23(21)28(22)13-16-5-8-18(30-3)9-6-16/h5-11,13,30H,4,12,14H2,1-3H3;5-12H,4,13-14H2,1-3H3/q+1;. The van der Waals surface area contributed by atoms with Crippen LogP contribution < -0.4 is 14.2 Å². The number of benzene rings is 4. The van der Waals surface area contributed by atoms with Gasteiger partial charge in [0.2, 0.25) is 11.8 Å². The number of ether oxygens (including phenoxy) is 2. The highest BCUT2D eigenvalue weighted by molar-refractivity contribution is 9.10. The van der Waals surface area contributed by atoms with Crippen LogP contribution in [0.3, 0.4) is 0 Å². The fourth-order valence-corrected chi connectivity index (χ4v) is 8.15. The van der Waals surface area contributed by atoms with Crippen molar-refractivity contribution < 1.29 is 29.0 Å². The molecule has 4 aromatic heterocycles. The van der Waals surface area contributed by atoms with Crippen LogP contribution in [0.2, 0.25) is 0 Å². The van der Waals surface area contributed by atoms with Crippen molar-refractivity contribution in [2.45, 2.75) is 53.9 Å². The smallest absolute Gasteiger partial charge is 0.267 e. The molecule has 0 saturated carbocycles. The quantitative estimate of drug-likeness (QED) is 0.0952. The van der Waals surface area contributed by atoms with Crippen molar-refractivity contribution in [2.24, 2.45) is 0 Å². The van der Waals surface area contributed by atoms with Gasteiger partial charge in [-0.15, -0.1) is 0 Å². The molecule has 0 aliphatic heterocycles. The molecule has 0 unspecified atom stereocenters. The van der Waals surface area contributed by atoms with E-state index in [1.165, 1.54) is 0 Å². The molecule has 61 heavy (non-hydrogen) atoms. The number of nitrogens with zero attached hydrogens (tertiary/aromatic N) is 8. The van der Waals surface area contributed by atoms with E-state index in [0.29, 0.717) is 50.3 Å². The maximum atomic E-state index is 12.1. The zero-order valence-electron chi connectivity index (χ0n) is 34.9. The number of hydrogen-bond donors (Lipinski definition) is 1. The molecule has 0 fully saturated rings. The minimum atomic E-state index is -0.00318. The Kier molecular flexibility index (Phi) is 13.2. The van der Waals surface area contributed by atoms with Gasteiger partial charge in [-0.1, -0.05) is 56.1 Å². The van der Waals surface area contributed by atoms with Gasteiger partial charge in [0.05, 0.1) is 55.4 Å². The molecule has 0 bridgehead atoms. The number of carbonyl (C=O) groups is 2. The Labute approximate surface area is 370 Å². The van der Waals surface area contributed by atoms with Crippen LogP contribution in [0.4, 0.5) is 0 Å². The molecule has 0 aliphatic rings. The maximum Gasteiger partial charge on any atom is 0.267 e. The first-order chi connectivity index (χ1) is 29.4. The van der Waals surface area contributed by atoms with Crippen molar-refractivity contribution in [2.75, 3.05) is 27.3 Å². The van der Waals surface area contributed by atoms with Gasteiger partial charge < -0.3 is 28.4 Å². The Morgan fingerprint density at radius 3 is 1.64 bits per heavy atom. The van der Waals surface area contributed by atoms with Crippen molar-refractivity contribution in [3.8, 4) is 11.5 Å². The number of methoxy groups -OCH3 is 2. The van der Waals surface area contributed by atoms with Crippen LogP contribution in [0.25, 0.3) is 43.9 Å². The maximum absolute atomic E-state index is 12.1. The Balaban J connectivity index is 0.000000184. The summed E-state index contributed by atoms with van der Waals surface area (Å²) < 4.78 is 17.8. The van der Waals surface area contributed by atoms with E-state index in [9.17, 15) is 14.8 Å². The van der Waals surface area contributed by atoms with Crippen molar-refractivity contribution in [1.29, 1.82) is 0 Å². The molecule has 15 heteroatoms. The van der Waals surface area contributed by atoms with Crippen molar-refractivity contribution in [1.82, 2.24) is 33.9 Å². The molecule has 0 radical (unpaired) electrons. The van der Waals surface area contributed by atoms with E-state index >= 15 is 0 Å². The fraction of sp³-hybridized carbons (Fsp3) is 0.261. The van der Waals surface area contributed by atoms with Crippen LogP contribution in [-0.2, 0) is 35.8 Å². The Morgan fingerprint density at radius 1 is 0.672 bits per heavy atom. The number of pyridine rings is 2. The third kappa shape index (κ3) is 9.32. The molecule has 314 valence electrons. The Bertz CT molecular complexity index is 2880. The molecule has 4 heterocycles. The number of rotatable bonds is 12. The minimum Gasteiger partial charge on any atom is -0.497 e. The molecule has 0 saturated heterocycles. The number of amides is 2. The summed E-state index contributed by atoms with van der Waals surface area (Å²) in [5.74, 6) is 3.25. The first-order valence-corrected chi connectivity index (χ1v) is 21.4. The van der Waals surface area contributed by atoms with Gasteiger partial charge in [0.25, 0.3) is 11.7 Å². The van der Waals surface area contributed by atoms with E-state index in [-0.39, 0.29) is 11.8 Å². The highest BCUT2D eigenvalue weighted by Crippen LogP contribution is 2.30. The number of hydrogen-bond acceptors (Lipinski definition) is 8. The fourth-order valence-electron chi connectivity index (χ4n) is 7.45. The second-order valence-corrected chi connectivity index (χ2v) is 16.3. The molecule has 8 rings (SSSR count). The van der Waals surface area contributed by atoms with Crippen LogP contribution in [0, 0.1) is 0 Å². The summed E-state index contributed by atoms with van der Waals surface area (Å²) in [7, 11) is 3.31. The van der Waals surface area contributed by atoms with Crippen LogP contribution in [0.1, 0.15) is 50.5 Å². The van der Waals surface area contributed by atoms with Crippen LogP contribution >= 0.6 is 31.9 Å². The summed E-state index contributed by atoms with van der Waals surface area (Å²) >= 11 is 7.00. The van der Waals surface area contributed by atoms with Gasteiger partial charge in [-0.05, 0) is 79.6 Å². The van der Waals surface area contributed by atoms with Crippen LogP contribution in [0.5, 0.6) is 11.5 Å². The van der Waals surface area contributed by atoms with Gasteiger partial charge in [-0.3, -0.25) is 19.8 Å². The lowest BCUT2D eigenvalue weighted by molar-refractivity contribution is -0.883. The largest absolute Gasteiger partial charge is 0.497 e. The molecule has 8 aromatic rings. The molecular weight excluding hydrogens is 904 g/mol. The van der Waals surface area contributed by atoms with Crippen LogP contribution in [-0.4, -0.2) is 78.2 Å². The van der Waals surface area contributed by atoms with Gasteiger partial charge in [0.15, 0.2) is 5.52 Å². The third-order valence-corrected chi connectivity index (χ3v) is 11.7. The summed E-state index contributed by atoms with van der Waals surface area (Å²) in [5, 5.41) is 12.4. The van der Waals surface area contributed by atoms with Gasteiger partial charge in [0.1, 0.15) is 28.7 Å². The lowest BCUT2D eigenvalue weighted by Gasteiger charge is -2.19. The summed E-state index contributed by atoms with van der Waals surface area (Å²) in [6.45, 7) is 10.4. The summed E-state index contributed by atoms with van der Waals surface area (Å²) in [6.07, 6.45) is 3.42. The van der Waals surface area contributed by atoms with Gasteiger partial charge in [-0.25, -0.2) is 9.97 Å². The normalized spacial score (nSPS) is 11.2. The molecule has 4 aromatic carbocycles. The lowest BCUT2D eigenvalue weighted by Crippen LogP contribution is -2.30. The molecule has 0 aliphatic carbocycles. The molecular formula is C46H47Br2N8O5+. The highest BCUT2D eigenvalue weighted by Gasteiger charge is 2.23. The van der Waals surface area contributed by atoms with E-state index in [2.05, 4.69) is 64.2 Å². The van der Waals surface area contributed by atoms with Crippen molar-refractivity contribution in [3.05, 3.63) is 129 Å². The first-order valence-electron chi connectivity index (χ1n) is 19.8. The van der Waals surface area contributed by atoms with E-state index in [4.69, 9.17) is 19.4 Å². The number of carbonyl (C=O) groups excluding carboxylic acids is 2. The first kappa shape index (κ1) is 43.0. The second kappa shape index (κ2) is 18.7. The van der Waals surface area contributed by atoms with E-state index in [0.717, 1.165) is 80.8 Å². The number of imidazole rings is 2. The SMILES string of the molecule is CCN(Cc1nc2c[n+](O)c3cc(Br)ccc3c2n1Cc1ccc(OC)cc1)C(C)=O.CCN(Cc1nc2cnc3cc(Br)ccc3c2n1Cc1ccc(OC)cc1)C(C)=O. The Hall–Kier alpha value is -6.06. The zero-order chi connectivity index (χ0) is 43.4. The van der Waals surface area contributed by atoms with Gasteiger partial charge in [-0.2, -0.15) is 0 Å². The monoisotopic (exact) mass is 949 g/mol. The minimum absolute atomic E-state index is 0.00318. The van der Waals surface area contributed by atoms with Gasteiger partial charge in [0, 0.05) is 65.2 Å². The van der Waals surface area contributed by atoms with E-state index in [1.54, 1.807) is 44.1 Å². The van der Waals surface area contributed by atoms with Gasteiger partial charge >= 0.3 is 0 Å². The van der Waals surface area contributed by atoms with Crippen LogP contribution in [0.15, 0.2) is 106 Å². The number of aromatic nitrogens is 6. The summed E-state index contributed by atoms with van der Waals surface area (Å²) in [5.41, 5.74) is 7.22. The van der Waals surface area contributed by atoms with E-state index < -0.39 is 0 Å². The predicted octanol–water partition coefficient (Wildman–Crippen LogP) is 8.67. The lowest BCUT2D eigenvalue weighted by atomic mass is 10.1. The Morgan fingerprint density at radius 2 is 1.15 bits per heavy atom. The highest BCUT2D eigenvalue weighted by atomic mass is 79.9. The molecule has 0 spiro atoms. The number of halogens is 2. The average molecular weight is 952 g/mol. The topological polar surface area (TPSA) is 132 Å². The summed E-state index contributed by atoms with van der Waals surface area (Å²) in [6, 6.07) is 27.8. The molecule has 13 nitrogen and oxygen atoms in total. The predicted molar refractivity (Wildman–Crippen MR) is 243 cm³/mol. The summed E-state index contributed by atoms with van der Waals surface area (Å²) in [4.78, 5) is 41.9. The van der Waals surface area contributed by atoms with Crippen molar-refractivity contribution in [3.63, 3.8) is 0 Å². The molecule has 1 N–H and O–H groups in total.